The number of ether oxygens (including phenoxy) is 1. The van der Waals surface area contributed by atoms with Crippen molar-refractivity contribution in [3.63, 3.8) is 0 Å². The summed E-state index contributed by atoms with van der Waals surface area (Å²) in [6, 6.07) is 6.59. The standard InChI is InChI=1S/C16H27NO/c1-4-7-14(8-6-11-17)15-12-13(5-2)9-10-16(15)18-3/h9-10,12,14H,4-8,11,17H2,1-3H3. The molecule has 1 aromatic carbocycles. The molecule has 0 aromatic heterocycles. The average Bonchev–Trinajstić information content (AvgIpc) is 2.42. The number of nitrogens with two attached hydrogens (primary N) is 1. The fraction of sp³-hybridized carbons (Fsp3) is 0.625. The molecule has 2 heteroatoms. The zero-order chi connectivity index (χ0) is 13.4. The molecular weight excluding hydrogens is 222 g/mol. The summed E-state index contributed by atoms with van der Waals surface area (Å²) in [5, 5.41) is 0. The lowest BCUT2D eigenvalue weighted by Gasteiger charge is -2.20. The molecule has 18 heavy (non-hydrogen) atoms. The minimum absolute atomic E-state index is 0.583. The first kappa shape index (κ1) is 15.0. The van der Waals surface area contributed by atoms with Gasteiger partial charge in [0.1, 0.15) is 5.75 Å². The van der Waals surface area contributed by atoms with Crippen molar-refractivity contribution >= 4 is 0 Å². The predicted octanol–water partition coefficient (Wildman–Crippen LogP) is 3.88. The minimum atomic E-state index is 0.583. The van der Waals surface area contributed by atoms with Gasteiger partial charge in [-0.15, -0.1) is 0 Å². The zero-order valence-corrected chi connectivity index (χ0v) is 12.0. The second kappa shape index (κ2) is 8.15. The Balaban J connectivity index is 2.98. The van der Waals surface area contributed by atoms with Crippen LogP contribution >= 0.6 is 0 Å². The van der Waals surface area contributed by atoms with E-state index in [1.54, 1.807) is 7.11 Å². The van der Waals surface area contributed by atoms with Crippen LogP contribution < -0.4 is 10.5 Å². The van der Waals surface area contributed by atoms with Gasteiger partial charge in [0.15, 0.2) is 0 Å². The van der Waals surface area contributed by atoms with Gasteiger partial charge < -0.3 is 10.5 Å². The molecule has 0 radical (unpaired) electrons. The van der Waals surface area contributed by atoms with Crippen molar-refractivity contribution in [2.75, 3.05) is 13.7 Å². The number of methoxy groups -OCH3 is 1. The van der Waals surface area contributed by atoms with E-state index in [0.717, 1.165) is 31.6 Å². The number of benzene rings is 1. The molecule has 0 fully saturated rings. The Hall–Kier alpha value is -1.02. The first-order chi connectivity index (χ1) is 8.76. The van der Waals surface area contributed by atoms with Crippen LogP contribution in [0.2, 0.25) is 0 Å². The van der Waals surface area contributed by atoms with E-state index in [9.17, 15) is 0 Å². The summed E-state index contributed by atoms with van der Waals surface area (Å²) < 4.78 is 5.52. The molecule has 0 saturated carbocycles. The fourth-order valence-electron chi connectivity index (χ4n) is 2.49. The molecule has 0 heterocycles. The molecule has 0 aliphatic carbocycles. The van der Waals surface area contributed by atoms with Crippen LogP contribution in [-0.2, 0) is 6.42 Å². The van der Waals surface area contributed by atoms with Crippen LogP contribution in [0.3, 0.4) is 0 Å². The van der Waals surface area contributed by atoms with E-state index < -0.39 is 0 Å². The molecule has 0 aliphatic rings. The third-order valence-electron chi connectivity index (χ3n) is 3.54. The van der Waals surface area contributed by atoms with Gasteiger partial charge in [-0.1, -0.05) is 32.4 Å². The summed E-state index contributed by atoms with van der Waals surface area (Å²) >= 11 is 0. The summed E-state index contributed by atoms with van der Waals surface area (Å²) in [4.78, 5) is 0. The van der Waals surface area contributed by atoms with Gasteiger partial charge in [-0.25, -0.2) is 0 Å². The van der Waals surface area contributed by atoms with Gasteiger partial charge >= 0.3 is 0 Å². The van der Waals surface area contributed by atoms with Crippen LogP contribution in [-0.4, -0.2) is 13.7 Å². The van der Waals surface area contributed by atoms with Crippen molar-refractivity contribution in [3.8, 4) is 5.75 Å². The molecule has 1 aromatic rings. The molecule has 0 bridgehead atoms. The highest BCUT2D eigenvalue weighted by Gasteiger charge is 2.15. The molecule has 1 unspecified atom stereocenters. The Labute approximate surface area is 112 Å². The van der Waals surface area contributed by atoms with Crippen LogP contribution in [0.1, 0.15) is 56.6 Å². The molecule has 0 aliphatic heterocycles. The van der Waals surface area contributed by atoms with Crippen LogP contribution in [0.4, 0.5) is 0 Å². The van der Waals surface area contributed by atoms with Crippen molar-refractivity contribution in [2.45, 2.75) is 51.9 Å². The molecular formula is C16H27NO. The van der Waals surface area contributed by atoms with E-state index in [1.165, 1.54) is 24.0 Å². The van der Waals surface area contributed by atoms with Gasteiger partial charge in [0, 0.05) is 0 Å². The summed E-state index contributed by atoms with van der Waals surface area (Å²) in [6.07, 6.45) is 5.74. The van der Waals surface area contributed by atoms with E-state index in [2.05, 4.69) is 32.0 Å². The third-order valence-corrected chi connectivity index (χ3v) is 3.54. The molecule has 2 N–H and O–H groups in total. The smallest absolute Gasteiger partial charge is 0.122 e. The maximum Gasteiger partial charge on any atom is 0.122 e. The Kier molecular flexibility index (Phi) is 6.81. The predicted molar refractivity (Wildman–Crippen MR) is 78.3 cm³/mol. The lowest BCUT2D eigenvalue weighted by molar-refractivity contribution is 0.400. The Morgan fingerprint density at radius 3 is 2.56 bits per heavy atom. The molecule has 2 nitrogen and oxygen atoms in total. The zero-order valence-electron chi connectivity index (χ0n) is 12.0. The molecule has 1 atom stereocenters. The minimum Gasteiger partial charge on any atom is -0.496 e. The lowest BCUT2D eigenvalue weighted by Crippen LogP contribution is -2.06. The van der Waals surface area contributed by atoms with Crippen LogP contribution in [0.15, 0.2) is 18.2 Å². The van der Waals surface area contributed by atoms with E-state index in [1.807, 2.05) is 0 Å². The quantitative estimate of drug-likeness (QED) is 0.759. The Morgan fingerprint density at radius 1 is 1.22 bits per heavy atom. The largest absolute Gasteiger partial charge is 0.496 e. The fourth-order valence-corrected chi connectivity index (χ4v) is 2.49. The van der Waals surface area contributed by atoms with Gasteiger partial charge in [-0.05, 0) is 55.3 Å². The van der Waals surface area contributed by atoms with Crippen LogP contribution in [0.5, 0.6) is 5.75 Å². The van der Waals surface area contributed by atoms with Gasteiger partial charge in [-0.3, -0.25) is 0 Å². The topological polar surface area (TPSA) is 35.2 Å². The van der Waals surface area contributed by atoms with E-state index in [0.29, 0.717) is 5.92 Å². The highest BCUT2D eigenvalue weighted by atomic mass is 16.5. The first-order valence-electron chi connectivity index (χ1n) is 7.13. The second-order valence-corrected chi connectivity index (χ2v) is 4.85. The highest BCUT2D eigenvalue weighted by molar-refractivity contribution is 5.39. The monoisotopic (exact) mass is 249 g/mol. The van der Waals surface area contributed by atoms with Crippen molar-refractivity contribution in [2.24, 2.45) is 5.73 Å². The molecule has 1 rings (SSSR count). The highest BCUT2D eigenvalue weighted by Crippen LogP contribution is 2.34. The normalized spacial score (nSPS) is 12.4. The van der Waals surface area contributed by atoms with Crippen LogP contribution in [0, 0.1) is 0 Å². The van der Waals surface area contributed by atoms with Gasteiger partial charge in [0.05, 0.1) is 7.11 Å². The lowest BCUT2D eigenvalue weighted by atomic mass is 9.88. The van der Waals surface area contributed by atoms with Gasteiger partial charge in [0.2, 0.25) is 0 Å². The van der Waals surface area contributed by atoms with Gasteiger partial charge in [0.25, 0.3) is 0 Å². The Bertz CT molecular complexity index is 349. The second-order valence-electron chi connectivity index (χ2n) is 4.85. The maximum absolute atomic E-state index is 5.65. The molecule has 0 saturated heterocycles. The first-order valence-corrected chi connectivity index (χ1v) is 7.13. The summed E-state index contributed by atoms with van der Waals surface area (Å²) in [5.41, 5.74) is 8.40. The number of aryl methyl sites for hydroxylation is 1. The third kappa shape index (κ3) is 4.02. The van der Waals surface area contributed by atoms with E-state index in [4.69, 9.17) is 10.5 Å². The molecule has 102 valence electrons. The van der Waals surface area contributed by atoms with Crippen molar-refractivity contribution in [3.05, 3.63) is 29.3 Å². The SMILES string of the molecule is CCCC(CCCN)c1cc(CC)ccc1OC. The van der Waals surface area contributed by atoms with Gasteiger partial charge in [-0.2, -0.15) is 0 Å². The van der Waals surface area contributed by atoms with Crippen LogP contribution in [0.25, 0.3) is 0 Å². The summed E-state index contributed by atoms with van der Waals surface area (Å²) in [7, 11) is 1.76. The summed E-state index contributed by atoms with van der Waals surface area (Å²) in [6.45, 7) is 5.21. The summed E-state index contributed by atoms with van der Waals surface area (Å²) in [5.74, 6) is 1.61. The molecule has 0 spiro atoms. The van der Waals surface area contributed by atoms with E-state index >= 15 is 0 Å². The van der Waals surface area contributed by atoms with Crippen molar-refractivity contribution < 1.29 is 4.74 Å². The number of rotatable bonds is 8. The number of hydrogen-bond acceptors (Lipinski definition) is 2. The Morgan fingerprint density at radius 2 is 2.00 bits per heavy atom. The average molecular weight is 249 g/mol. The number of hydrogen-bond donors (Lipinski definition) is 1. The van der Waals surface area contributed by atoms with Crippen molar-refractivity contribution in [1.29, 1.82) is 0 Å². The van der Waals surface area contributed by atoms with Crippen molar-refractivity contribution in [1.82, 2.24) is 0 Å². The maximum atomic E-state index is 5.65. The molecule has 0 amide bonds. The van der Waals surface area contributed by atoms with E-state index in [-0.39, 0.29) is 0 Å².